The molecule has 0 saturated carbocycles. The molecule has 1 saturated heterocycles. The Bertz CT molecular complexity index is 1310. The summed E-state index contributed by atoms with van der Waals surface area (Å²) in [5.41, 5.74) is 1.93. The number of aryl methyl sites for hydroxylation is 1. The van der Waals surface area contributed by atoms with Gasteiger partial charge in [-0.3, -0.25) is 4.79 Å². The average Bonchev–Trinajstić information content (AvgIpc) is 3.35. The van der Waals surface area contributed by atoms with Crippen LogP contribution in [0, 0.1) is 12.8 Å². The van der Waals surface area contributed by atoms with Crippen molar-refractivity contribution in [3.8, 4) is 0 Å². The molecule has 1 N–H and O–H groups in total. The zero-order chi connectivity index (χ0) is 24.7. The fourth-order valence-electron chi connectivity index (χ4n) is 4.36. The molecule has 9 nitrogen and oxygen atoms in total. The van der Waals surface area contributed by atoms with E-state index in [0.717, 1.165) is 48.0 Å². The highest BCUT2D eigenvalue weighted by atomic mass is 32.2. The minimum atomic E-state index is -3.99. The number of nitrogens with one attached hydrogen (secondary N) is 1. The van der Waals surface area contributed by atoms with Gasteiger partial charge in [-0.25, -0.2) is 4.98 Å². The molecule has 10 heteroatoms. The van der Waals surface area contributed by atoms with E-state index >= 15 is 0 Å². The molecule has 1 fully saturated rings. The standard InChI is InChI=1S/C24H33N5O4S/c1-6-25-22(30)19-15-29(27-16(19)2)34(31,32)18-7-8-21-20(13-18)26-23(24(3,4)5)28(21)14-17-9-11-33-12-10-17/h7-8,13,15,17H,6,9-12,14H2,1-5H3,(H,25,30). The van der Waals surface area contributed by atoms with Crippen LogP contribution in [-0.4, -0.2) is 52.8 Å². The van der Waals surface area contributed by atoms with Crippen molar-refractivity contribution in [2.24, 2.45) is 5.92 Å². The van der Waals surface area contributed by atoms with Crippen molar-refractivity contribution in [3.05, 3.63) is 41.5 Å². The summed E-state index contributed by atoms with van der Waals surface area (Å²) in [5.74, 6) is 1.07. The summed E-state index contributed by atoms with van der Waals surface area (Å²) in [6.07, 6.45) is 3.27. The van der Waals surface area contributed by atoms with Crippen molar-refractivity contribution in [1.29, 1.82) is 0 Å². The second kappa shape index (κ2) is 9.14. The fourth-order valence-corrected chi connectivity index (χ4v) is 5.55. The van der Waals surface area contributed by atoms with E-state index in [-0.39, 0.29) is 21.8 Å². The van der Waals surface area contributed by atoms with Crippen molar-refractivity contribution in [2.75, 3.05) is 19.8 Å². The van der Waals surface area contributed by atoms with Gasteiger partial charge in [0.2, 0.25) is 0 Å². The number of benzene rings is 1. The van der Waals surface area contributed by atoms with Crippen LogP contribution in [0.1, 0.15) is 62.4 Å². The fraction of sp³-hybridized carbons (Fsp3) is 0.542. The Balaban J connectivity index is 1.75. The number of hydrogen-bond acceptors (Lipinski definition) is 6. The molecule has 3 aromatic rings. The van der Waals surface area contributed by atoms with Crippen LogP contribution in [0.4, 0.5) is 0 Å². The van der Waals surface area contributed by atoms with Gasteiger partial charge in [-0.2, -0.15) is 17.6 Å². The highest BCUT2D eigenvalue weighted by molar-refractivity contribution is 7.89. The van der Waals surface area contributed by atoms with Gasteiger partial charge in [-0.15, -0.1) is 0 Å². The van der Waals surface area contributed by atoms with E-state index in [9.17, 15) is 13.2 Å². The lowest BCUT2D eigenvalue weighted by Crippen LogP contribution is -2.25. The van der Waals surface area contributed by atoms with E-state index < -0.39 is 10.0 Å². The molecule has 0 aliphatic carbocycles. The topological polar surface area (TPSA) is 108 Å². The summed E-state index contributed by atoms with van der Waals surface area (Å²) in [6, 6.07) is 5.02. The molecule has 0 radical (unpaired) electrons. The monoisotopic (exact) mass is 487 g/mol. The van der Waals surface area contributed by atoms with Gasteiger partial charge in [0.25, 0.3) is 15.9 Å². The van der Waals surface area contributed by atoms with Crippen LogP contribution < -0.4 is 5.32 Å². The van der Waals surface area contributed by atoms with Gasteiger partial charge < -0.3 is 14.6 Å². The lowest BCUT2D eigenvalue weighted by atomic mass is 9.94. The Morgan fingerprint density at radius 2 is 1.94 bits per heavy atom. The molecule has 1 aromatic carbocycles. The van der Waals surface area contributed by atoms with Gasteiger partial charge in [0.15, 0.2) is 0 Å². The van der Waals surface area contributed by atoms with Crippen molar-refractivity contribution in [2.45, 2.75) is 64.3 Å². The molecule has 184 valence electrons. The first-order valence-corrected chi connectivity index (χ1v) is 13.1. The second-order valence-electron chi connectivity index (χ2n) is 9.87. The number of ether oxygens (including phenoxy) is 1. The Labute approximate surface area is 200 Å². The summed E-state index contributed by atoms with van der Waals surface area (Å²) in [5, 5.41) is 6.79. The van der Waals surface area contributed by atoms with E-state index in [1.165, 1.54) is 6.20 Å². The first kappa shape index (κ1) is 24.4. The molecule has 0 atom stereocenters. The summed E-state index contributed by atoms with van der Waals surface area (Å²) in [6.45, 7) is 12.6. The lowest BCUT2D eigenvalue weighted by molar-refractivity contribution is 0.0611. The molecule has 34 heavy (non-hydrogen) atoms. The maximum atomic E-state index is 13.3. The zero-order valence-corrected chi connectivity index (χ0v) is 21.3. The van der Waals surface area contributed by atoms with E-state index in [2.05, 4.69) is 35.8 Å². The van der Waals surface area contributed by atoms with Crippen molar-refractivity contribution >= 4 is 27.0 Å². The molecular weight excluding hydrogens is 454 g/mol. The Kier molecular flexibility index (Phi) is 6.56. The van der Waals surface area contributed by atoms with Crippen LogP contribution in [0.2, 0.25) is 0 Å². The Morgan fingerprint density at radius 3 is 2.59 bits per heavy atom. The molecule has 1 amide bonds. The summed E-state index contributed by atoms with van der Waals surface area (Å²) in [4.78, 5) is 17.2. The van der Waals surface area contributed by atoms with Gasteiger partial charge in [0, 0.05) is 31.7 Å². The smallest absolute Gasteiger partial charge is 0.283 e. The average molecular weight is 488 g/mol. The number of rotatable bonds is 6. The van der Waals surface area contributed by atoms with E-state index in [4.69, 9.17) is 9.72 Å². The lowest BCUT2D eigenvalue weighted by Gasteiger charge is -2.26. The molecule has 0 unspecified atom stereocenters. The van der Waals surface area contributed by atoms with Gasteiger partial charge in [0.1, 0.15) is 5.82 Å². The third-order valence-electron chi connectivity index (χ3n) is 6.18. The number of carbonyl (C=O) groups is 1. The first-order valence-electron chi connectivity index (χ1n) is 11.7. The highest BCUT2D eigenvalue weighted by Gasteiger charge is 2.27. The SMILES string of the molecule is CCNC(=O)c1cn(S(=O)(=O)c2ccc3c(c2)nc(C(C)(C)C)n3CC2CCOCC2)nc1C. The van der Waals surface area contributed by atoms with Gasteiger partial charge in [0.05, 0.1) is 33.4 Å². The quantitative estimate of drug-likeness (QED) is 0.572. The third-order valence-corrected chi connectivity index (χ3v) is 7.71. The Hall–Kier alpha value is -2.72. The molecular formula is C24H33N5O4S. The number of fused-ring (bicyclic) bond motifs is 1. The van der Waals surface area contributed by atoms with Crippen LogP contribution in [0.3, 0.4) is 0 Å². The number of hydrogen-bond donors (Lipinski definition) is 1. The summed E-state index contributed by atoms with van der Waals surface area (Å²) < 4.78 is 35.3. The molecule has 0 spiro atoms. The maximum Gasteiger partial charge on any atom is 0.283 e. The van der Waals surface area contributed by atoms with Crippen molar-refractivity contribution in [3.63, 3.8) is 0 Å². The largest absolute Gasteiger partial charge is 0.381 e. The molecule has 3 heterocycles. The van der Waals surface area contributed by atoms with Crippen LogP contribution in [0.25, 0.3) is 11.0 Å². The molecule has 0 bridgehead atoms. The normalized spacial score (nSPS) is 15.7. The van der Waals surface area contributed by atoms with Crippen molar-refractivity contribution in [1.82, 2.24) is 24.1 Å². The number of imidazole rings is 1. The molecule has 1 aliphatic rings. The van der Waals surface area contributed by atoms with Crippen LogP contribution in [0.5, 0.6) is 0 Å². The number of carbonyl (C=O) groups excluding carboxylic acids is 1. The number of nitrogens with zero attached hydrogens (tertiary/aromatic N) is 4. The van der Waals surface area contributed by atoms with Gasteiger partial charge in [-0.05, 0) is 50.8 Å². The van der Waals surface area contributed by atoms with Crippen LogP contribution >= 0.6 is 0 Å². The van der Waals surface area contributed by atoms with E-state index in [1.807, 2.05) is 6.07 Å². The minimum Gasteiger partial charge on any atom is -0.381 e. The maximum absolute atomic E-state index is 13.3. The Morgan fingerprint density at radius 1 is 1.24 bits per heavy atom. The predicted molar refractivity (Wildman–Crippen MR) is 130 cm³/mol. The van der Waals surface area contributed by atoms with E-state index in [1.54, 1.807) is 26.0 Å². The summed E-state index contributed by atoms with van der Waals surface area (Å²) >= 11 is 0. The number of aromatic nitrogens is 4. The summed E-state index contributed by atoms with van der Waals surface area (Å²) in [7, 11) is -3.99. The minimum absolute atomic E-state index is 0.0844. The molecule has 4 rings (SSSR count). The van der Waals surface area contributed by atoms with Gasteiger partial charge in [-0.1, -0.05) is 20.8 Å². The van der Waals surface area contributed by atoms with Crippen molar-refractivity contribution < 1.29 is 17.9 Å². The van der Waals surface area contributed by atoms with Gasteiger partial charge >= 0.3 is 0 Å². The third kappa shape index (κ3) is 4.61. The zero-order valence-electron chi connectivity index (χ0n) is 20.5. The molecule has 2 aromatic heterocycles. The highest BCUT2D eigenvalue weighted by Crippen LogP contribution is 2.30. The van der Waals surface area contributed by atoms with E-state index in [0.29, 0.717) is 23.7 Å². The number of amides is 1. The predicted octanol–water partition coefficient (Wildman–Crippen LogP) is 3.25. The molecule has 1 aliphatic heterocycles. The van der Waals surface area contributed by atoms with Crippen LogP contribution in [-0.2, 0) is 26.7 Å². The van der Waals surface area contributed by atoms with Crippen LogP contribution in [0.15, 0.2) is 29.3 Å². The second-order valence-corrected chi connectivity index (χ2v) is 11.7. The first-order chi connectivity index (χ1) is 16.0.